The zero-order valence-electron chi connectivity index (χ0n) is 13.8. The molecule has 0 saturated carbocycles. The Morgan fingerprint density at radius 1 is 1.33 bits per heavy atom. The van der Waals surface area contributed by atoms with E-state index in [0.717, 1.165) is 44.5 Å². The van der Waals surface area contributed by atoms with E-state index >= 15 is 0 Å². The Kier molecular flexibility index (Phi) is 6.61. The lowest BCUT2D eigenvalue weighted by Crippen LogP contribution is -2.48. The van der Waals surface area contributed by atoms with E-state index < -0.39 is 0 Å². The molecule has 0 aromatic carbocycles. The van der Waals surface area contributed by atoms with Crippen LogP contribution in [0.3, 0.4) is 0 Å². The maximum atomic E-state index is 5.49. The van der Waals surface area contributed by atoms with Crippen LogP contribution in [-0.2, 0) is 4.74 Å². The summed E-state index contributed by atoms with van der Waals surface area (Å²) < 4.78 is 5.49. The van der Waals surface area contributed by atoms with Gasteiger partial charge in [0.25, 0.3) is 0 Å². The molecule has 1 N–H and O–H groups in total. The number of thiazole rings is 1. The van der Waals surface area contributed by atoms with Gasteiger partial charge in [0.05, 0.1) is 24.4 Å². The monoisotopic (exact) mass is 311 g/mol. The SMILES string of the molecule is Cc1ncsc1C(C)NCC(CC(C)C)N1CCOCC1. The largest absolute Gasteiger partial charge is 0.379 e. The highest BCUT2D eigenvalue weighted by Gasteiger charge is 2.22. The molecule has 1 aromatic heterocycles. The number of aryl methyl sites for hydroxylation is 1. The molecule has 0 bridgehead atoms. The molecule has 2 unspecified atom stereocenters. The van der Waals surface area contributed by atoms with E-state index in [9.17, 15) is 0 Å². The molecule has 1 saturated heterocycles. The van der Waals surface area contributed by atoms with E-state index in [1.54, 1.807) is 11.3 Å². The van der Waals surface area contributed by atoms with Crippen LogP contribution in [0.4, 0.5) is 0 Å². The molecule has 120 valence electrons. The molecule has 0 spiro atoms. The van der Waals surface area contributed by atoms with E-state index in [1.165, 1.54) is 11.3 Å². The van der Waals surface area contributed by atoms with Gasteiger partial charge < -0.3 is 10.1 Å². The number of nitrogens with zero attached hydrogens (tertiary/aromatic N) is 2. The standard InChI is InChI=1S/C16H29N3OS/c1-12(2)9-15(19-5-7-20-8-6-19)10-17-13(3)16-14(4)18-11-21-16/h11-13,15,17H,5-10H2,1-4H3. The van der Waals surface area contributed by atoms with Gasteiger partial charge in [0.2, 0.25) is 0 Å². The summed E-state index contributed by atoms with van der Waals surface area (Å²) in [5, 5.41) is 3.72. The number of hydrogen-bond donors (Lipinski definition) is 1. The second-order valence-electron chi connectivity index (χ2n) is 6.36. The molecule has 1 aromatic rings. The average Bonchev–Trinajstić information content (AvgIpc) is 2.90. The van der Waals surface area contributed by atoms with E-state index in [2.05, 4.69) is 42.9 Å². The van der Waals surface area contributed by atoms with Crippen LogP contribution >= 0.6 is 11.3 Å². The Morgan fingerprint density at radius 3 is 2.62 bits per heavy atom. The first-order chi connectivity index (χ1) is 10.1. The predicted molar refractivity (Wildman–Crippen MR) is 88.9 cm³/mol. The van der Waals surface area contributed by atoms with Gasteiger partial charge in [0, 0.05) is 36.6 Å². The van der Waals surface area contributed by atoms with Gasteiger partial charge in [-0.3, -0.25) is 4.90 Å². The molecular formula is C16H29N3OS. The summed E-state index contributed by atoms with van der Waals surface area (Å²) in [4.78, 5) is 8.30. The minimum Gasteiger partial charge on any atom is -0.379 e. The zero-order chi connectivity index (χ0) is 15.2. The Balaban J connectivity index is 1.90. The van der Waals surface area contributed by atoms with Crippen molar-refractivity contribution < 1.29 is 4.74 Å². The maximum Gasteiger partial charge on any atom is 0.0798 e. The number of rotatable bonds is 7. The first-order valence-corrected chi connectivity index (χ1v) is 8.91. The van der Waals surface area contributed by atoms with Gasteiger partial charge in [-0.2, -0.15) is 0 Å². The fourth-order valence-electron chi connectivity index (χ4n) is 2.98. The van der Waals surface area contributed by atoms with Crippen LogP contribution in [0, 0.1) is 12.8 Å². The van der Waals surface area contributed by atoms with Crippen molar-refractivity contribution in [3.63, 3.8) is 0 Å². The number of morpholine rings is 1. The lowest BCUT2D eigenvalue weighted by Gasteiger charge is -2.36. The molecule has 1 aliphatic heterocycles. The number of ether oxygens (including phenoxy) is 1. The highest BCUT2D eigenvalue weighted by atomic mass is 32.1. The molecule has 1 aliphatic rings. The van der Waals surface area contributed by atoms with E-state index in [0.29, 0.717) is 12.1 Å². The molecule has 0 aliphatic carbocycles. The van der Waals surface area contributed by atoms with Gasteiger partial charge >= 0.3 is 0 Å². The second kappa shape index (κ2) is 8.22. The molecule has 1 fully saturated rings. The summed E-state index contributed by atoms with van der Waals surface area (Å²) in [6.45, 7) is 13.9. The van der Waals surface area contributed by atoms with E-state index in [1.807, 2.05) is 5.51 Å². The second-order valence-corrected chi connectivity index (χ2v) is 7.25. The van der Waals surface area contributed by atoms with Gasteiger partial charge in [-0.15, -0.1) is 11.3 Å². The third kappa shape index (κ3) is 5.02. The van der Waals surface area contributed by atoms with Crippen molar-refractivity contribution in [2.75, 3.05) is 32.8 Å². The van der Waals surface area contributed by atoms with Crippen LogP contribution in [0.5, 0.6) is 0 Å². The van der Waals surface area contributed by atoms with Gasteiger partial charge in [-0.1, -0.05) is 13.8 Å². The number of nitrogens with one attached hydrogen (secondary N) is 1. The van der Waals surface area contributed by atoms with Crippen molar-refractivity contribution >= 4 is 11.3 Å². The van der Waals surface area contributed by atoms with E-state index in [-0.39, 0.29) is 0 Å². The first-order valence-electron chi connectivity index (χ1n) is 8.03. The molecule has 0 amide bonds. The Bertz CT molecular complexity index is 415. The smallest absolute Gasteiger partial charge is 0.0798 e. The lowest BCUT2D eigenvalue weighted by atomic mass is 10.0. The summed E-state index contributed by atoms with van der Waals surface area (Å²) in [7, 11) is 0. The van der Waals surface area contributed by atoms with Crippen LogP contribution in [-0.4, -0.2) is 48.8 Å². The molecule has 5 heteroatoms. The third-order valence-corrected chi connectivity index (χ3v) is 5.25. The topological polar surface area (TPSA) is 37.4 Å². The molecule has 2 heterocycles. The normalized spacial score (nSPS) is 19.9. The molecule has 2 rings (SSSR count). The van der Waals surface area contributed by atoms with Crippen LogP contribution < -0.4 is 5.32 Å². The van der Waals surface area contributed by atoms with Crippen molar-refractivity contribution in [3.05, 3.63) is 16.1 Å². The summed E-state index contributed by atoms with van der Waals surface area (Å²) >= 11 is 1.75. The zero-order valence-corrected chi connectivity index (χ0v) is 14.6. The molecule has 2 atom stereocenters. The fourth-order valence-corrected chi connectivity index (χ4v) is 3.82. The molecule has 21 heavy (non-hydrogen) atoms. The van der Waals surface area contributed by atoms with Gasteiger partial charge in [0.15, 0.2) is 0 Å². The predicted octanol–water partition coefficient (Wildman–Crippen LogP) is 2.85. The fraction of sp³-hybridized carbons (Fsp3) is 0.812. The van der Waals surface area contributed by atoms with Gasteiger partial charge in [-0.05, 0) is 26.2 Å². The highest BCUT2D eigenvalue weighted by molar-refractivity contribution is 7.09. The molecular weight excluding hydrogens is 282 g/mol. The van der Waals surface area contributed by atoms with Gasteiger partial charge in [-0.25, -0.2) is 4.98 Å². The summed E-state index contributed by atoms with van der Waals surface area (Å²) in [5.74, 6) is 0.722. The van der Waals surface area contributed by atoms with Crippen LogP contribution in [0.2, 0.25) is 0 Å². The Morgan fingerprint density at radius 2 is 2.05 bits per heavy atom. The number of aromatic nitrogens is 1. The van der Waals surface area contributed by atoms with Crippen molar-refractivity contribution in [1.82, 2.24) is 15.2 Å². The highest BCUT2D eigenvalue weighted by Crippen LogP contribution is 2.22. The summed E-state index contributed by atoms with van der Waals surface area (Å²) in [5.41, 5.74) is 3.10. The number of hydrogen-bond acceptors (Lipinski definition) is 5. The Hall–Kier alpha value is -0.490. The summed E-state index contributed by atoms with van der Waals surface area (Å²) in [6, 6.07) is 0.984. The van der Waals surface area contributed by atoms with Crippen molar-refractivity contribution in [2.45, 2.75) is 46.2 Å². The van der Waals surface area contributed by atoms with Gasteiger partial charge in [0.1, 0.15) is 0 Å². The quantitative estimate of drug-likeness (QED) is 0.840. The van der Waals surface area contributed by atoms with E-state index in [4.69, 9.17) is 4.74 Å². The van der Waals surface area contributed by atoms with Crippen molar-refractivity contribution in [3.8, 4) is 0 Å². The minimum atomic E-state index is 0.383. The third-order valence-electron chi connectivity index (χ3n) is 4.14. The maximum absolute atomic E-state index is 5.49. The van der Waals surface area contributed by atoms with Crippen LogP contribution in [0.25, 0.3) is 0 Å². The van der Waals surface area contributed by atoms with Crippen LogP contribution in [0.15, 0.2) is 5.51 Å². The van der Waals surface area contributed by atoms with Crippen molar-refractivity contribution in [1.29, 1.82) is 0 Å². The Labute approximate surface area is 132 Å². The lowest BCUT2D eigenvalue weighted by molar-refractivity contribution is 0.0119. The first kappa shape index (κ1) is 16.9. The average molecular weight is 311 g/mol. The molecule has 4 nitrogen and oxygen atoms in total. The minimum absolute atomic E-state index is 0.383. The van der Waals surface area contributed by atoms with Crippen molar-refractivity contribution in [2.24, 2.45) is 5.92 Å². The summed E-state index contributed by atoms with van der Waals surface area (Å²) in [6.07, 6.45) is 1.24. The van der Waals surface area contributed by atoms with Crippen LogP contribution in [0.1, 0.15) is 43.8 Å². The molecule has 0 radical (unpaired) electrons.